The van der Waals surface area contributed by atoms with Crippen molar-refractivity contribution in [2.75, 3.05) is 0 Å². The SMILES string of the molecule is CC(C)C.CCC.Cc1cc(-c2ccccc2P)c2cc(/C=C/c3ccc4nc(-c5ccc(-c6ccc(C)s6)s5)cc(-c5ccccc5F)c4c3)ccc2n1. The highest BCUT2D eigenvalue weighted by Gasteiger charge is 2.15. The third-order valence-corrected chi connectivity index (χ3v) is 11.3. The normalized spacial score (nSPS) is 11.2. The van der Waals surface area contributed by atoms with Crippen LogP contribution in [-0.2, 0) is 0 Å². The average molecular weight is 779 g/mol. The van der Waals surface area contributed by atoms with Crippen LogP contribution in [0.15, 0.2) is 121 Å². The van der Waals surface area contributed by atoms with Crippen molar-refractivity contribution in [2.45, 2.75) is 54.9 Å². The molecule has 278 valence electrons. The molecule has 0 amide bonds. The molecule has 1 unspecified atom stereocenters. The standard InChI is InChI=1S/C42H30FN2PS2.C4H10.C3H8/c1-25-21-31(30-8-4-6-10-39(30)46)33-22-27(14-16-36(33)44-25)12-13-28-15-17-37-34(23-28)32(29-7-3-5-9-35(29)43)24-38(45-37)40-19-20-42(48-40)41-18-11-26(2)47-41;1-4(2)3;1-3-2/h3-24H,46H2,1-2H3;4H,1-3H3;3H2,1-2H3/b13-12+;;. The number of hydrogen-bond donors (Lipinski definition) is 0. The van der Waals surface area contributed by atoms with E-state index in [0.29, 0.717) is 5.56 Å². The zero-order valence-electron chi connectivity index (χ0n) is 32.7. The second-order valence-electron chi connectivity index (χ2n) is 14.3. The molecule has 0 aliphatic carbocycles. The van der Waals surface area contributed by atoms with E-state index in [2.05, 4.69) is 148 Å². The summed E-state index contributed by atoms with van der Waals surface area (Å²) in [7, 11) is 2.86. The van der Waals surface area contributed by atoms with Gasteiger partial charge in [0, 0.05) is 36.7 Å². The highest BCUT2D eigenvalue weighted by molar-refractivity contribution is 7.28. The van der Waals surface area contributed by atoms with Gasteiger partial charge in [-0.3, -0.25) is 4.98 Å². The maximum atomic E-state index is 15.3. The Hall–Kier alpha value is -4.80. The van der Waals surface area contributed by atoms with Gasteiger partial charge in [0.05, 0.1) is 21.6 Å². The van der Waals surface area contributed by atoms with Crippen LogP contribution in [-0.4, -0.2) is 9.97 Å². The van der Waals surface area contributed by atoms with Gasteiger partial charge in [0.1, 0.15) is 5.82 Å². The number of aromatic nitrogens is 2. The molecule has 0 saturated carbocycles. The second kappa shape index (κ2) is 18.2. The first-order valence-corrected chi connectivity index (χ1v) is 21.1. The van der Waals surface area contributed by atoms with E-state index in [0.717, 1.165) is 66.0 Å². The molecule has 4 aromatic carbocycles. The first-order valence-electron chi connectivity index (χ1n) is 18.9. The van der Waals surface area contributed by atoms with Gasteiger partial charge in [-0.2, -0.15) is 0 Å². The third-order valence-electron chi connectivity index (χ3n) is 8.52. The van der Waals surface area contributed by atoms with Crippen molar-refractivity contribution in [3.63, 3.8) is 0 Å². The number of nitrogens with zero attached hydrogens (tertiary/aromatic N) is 2. The highest BCUT2D eigenvalue weighted by atomic mass is 32.1. The topological polar surface area (TPSA) is 25.8 Å². The predicted molar refractivity (Wildman–Crippen MR) is 245 cm³/mol. The van der Waals surface area contributed by atoms with E-state index in [9.17, 15) is 0 Å². The molecule has 0 fully saturated rings. The Labute approximate surface area is 336 Å². The fraction of sp³-hybridized carbons (Fsp3) is 0.184. The first-order chi connectivity index (χ1) is 26.5. The summed E-state index contributed by atoms with van der Waals surface area (Å²) in [5.74, 6) is 0.584. The van der Waals surface area contributed by atoms with Crippen LogP contribution in [0.5, 0.6) is 0 Å². The van der Waals surface area contributed by atoms with E-state index in [1.807, 2.05) is 31.2 Å². The third kappa shape index (κ3) is 9.72. The molecule has 6 heteroatoms. The van der Waals surface area contributed by atoms with Crippen LogP contribution in [0.25, 0.3) is 76.5 Å². The van der Waals surface area contributed by atoms with Gasteiger partial charge in [0.25, 0.3) is 0 Å². The molecule has 8 rings (SSSR count). The van der Waals surface area contributed by atoms with Gasteiger partial charge in [-0.05, 0) is 120 Å². The summed E-state index contributed by atoms with van der Waals surface area (Å²) in [6.45, 7) is 14.9. The molecule has 0 aliphatic heterocycles. The van der Waals surface area contributed by atoms with E-state index >= 15 is 4.39 Å². The monoisotopic (exact) mass is 778 g/mol. The fourth-order valence-electron chi connectivity index (χ4n) is 6.19. The minimum atomic E-state index is -0.249. The van der Waals surface area contributed by atoms with Crippen molar-refractivity contribution < 1.29 is 4.39 Å². The summed E-state index contributed by atoms with van der Waals surface area (Å²) < 4.78 is 15.3. The van der Waals surface area contributed by atoms with E-state index in [1.165, 1.54) is 38.2 Å². The molecule has 0 bridgehead atoms. The van der Waals surface area contributed by atoms with Crippen molar-refractivity contribution in [1.82, 2.24) is 9.97 Å². The molecule has 0 aliphatic rings. The van der Waals surface area contributed by atoms with Crippen molar-refractivity contribution in [3.8, 4) is 42.6 Å². The van der Waals surface area contributed by atoms with Gasteiger partial charge in [-0.25, -0.2) is 9.37 Å². The molecule has 2 nitrogen and oxygen atoms in total. The molecule has 55 heavy (non-hydrogen) atoms. The van der Waals surface area contributed by atoms with Crippen molar-refractivity contribution in [1.29, 1.82) is 0 Å². The fourth-order valence-corrected chi connectivity index (χ4v) is 8.48. The van der Waals surface area contributed by atoms with Gasteiger partial charge < -0.3 is 0 Å². The molecule has 0 saturated heterocycles. The van der Waals surface area contributed by atoms with Crippen molar-refractivity contribution in [2.24, 2.45) is 5.92 Å². The molecule has 4 heterocycles. The molecular formula is C49H48FN2PS2. The lowest BCUT2D eigenvalue weighted by atomic mass is 9.97. The summed E-state index contributed by atoms with van der Waals surface area (Å²) >= 11 is 3.51. The maximum absolute atomic E-state index is 15.3. The Morgan fingerprint density at radius 3 is 1.73 bits per heavy atom. The lowest BCUT2D eigenvalue weighted by Gasteiger charge is -2.12. The molecule has 0 radical (unpaired) electrons. The molecule has 8 aromatic rings. The summed E-state index contributed by atoms with van der Waals surface area (Å²) in [5, 5.41) is 3.18. The van der Waals surface area contributed by atoms with Crippen molar-refractivity contribution in [3.05, 3.63) is 149 Å². The molecule has 1 atom stereocenters. The average Bonchev–Trinajstić information content (AvgIpc) is 3.83. The number of halogens is 1. The van der Waals surface area contributed by atoms with E-state index in [1.54, 1.807) is 28.7 Å². The number of aryl methyl sites for hydroxylation is 2. The van der Waals surface area contributed by atoms with Crippen LogP contribution >= 0.6 is 31.9 Å². The van der Waals surface area contributed by atoms with Crippen LogP contribution in [0.1, 0.15) is 62.7 Å². The summed E-state index contributed by atoms with van der Waals surface area (Å²) in [4.78, 5) is 14.7. The Balaban J connectivity index is 0.000000682. The Morgan fingerprint density at radius 2 is 1.13 bits per heavy atom. The van der Waals surface area contributed by atoms with Crippen LogP contribution in [0.3, 0.4) is 0 Å². The minimum absolute atomic E-state index is 0.249. The van der Waals surface area contributed by atoms with Crippen LogP contribution in [0.4, 0.5) is 4.39 Å². The summed E-state index contributed by atoms with van der Waals surface area (Å²) in [5.41, 5.74) is 9.48. The quantitative estimate of drug-likeness (QED) is 0.124. The summed E-state index contributed by atoms with van der Waals surface area (Å²) in [6, 6.07) is 40.8. The lowest BCUT2D eigenvalue weighted by molar-refractivity contribution is 0.631. The predicted octanol–water partition coefficient (Wildman–Crippen LogP) is 15.1. The maximum Gasteiger partial charge on any atom is 0.131 e. The number of rotatable bonds is 6. The van der Waals surface area contributed by atoms with Crippen LogP contribution in [0.2, 0.25) is 0 Å². The minimum Gasteiger partial charge on any atom is -0.253 e. The highest BCUT2D eigenvalue weighted by Crippen LogP contribution is 2.40. The van der Waals surface area contributed by atoms with E-state index < -0.39 is 0 Å². The summed E-state index contributed by atoms with van der Waals surface area (Å²) in [6.07, 6.45) is 5.49. The van der Waals surface area contributed by atoms with Crippen molar-refractivity contribution >= 4 is 71.2 Å². The number of benzene rings is 4. The molecule has 0 N–H and O–H groups in total. The van der Waals surface area contributed by atoms with Crippen LogP contribution in [0, 0.1) is 25.6 Å². The van der Waals surface area contributed by atoms with Gasteiger partial charge in [0.2, 0.25) is 0 Å². The molecule has 4 aromatic heterocycles. The van der Waals surface area contributed by atoms with E-state index in [-0.39, 0.29) is 5.82 Å². The first kappa shape index (κ1) is 39.9. The zero-order chi connectivity index (χ0) is 39.1. The molecule has 0 spiro atoms. The number of pyridine rings is 2. The lowest BCUT2D eigenvalue weighted by Crippen LogP contribution is -1.98. The van der Waals surface area contributed by atoms with Gasteiger partial charge in [-0.15, -0.1) is 31.9 Å². The van der Waals surface area contributed by atoms with Gasteiger partial charge >= 0.3 is 0 Å². The molecular weight excluding hydrogens is 731 g/mol. The number of thiophene rings is 2. The smallest absolute Gasteiger partial charge is 0.131 e. The number of fused-ring (bicyclic) bond motifs is 2. The van der Waals surface area contributed by atoms with Crippen LogP contribution < -0.4 is 5.30 Å². The Kier molecular flexibility index (Phi) is 13.2. The Bertz CT molecular complexity index is 2590. The van der Waals surface area contributed by atoms with Gasteiger partial charge in [-0.1, -0.05) is 108 Å². The van der Waals surface area contributed by atoms with E-state index in [4.69, 9.17) is 9.97 Å². The Morgan fingerprint density at radius 1 is 0.600 bits per heavy atom. The largest absolute Gasteiger partial charge is 0.253 e. The number of hydrogen-bond acceptors (Lipinski definition) is 4. The zero-order valence-corrected chi connectivity index (χ0v) is 35.4. The second-order valence-corrected chi connectivity index (χ2v) is 17.3. The van der Waals surface area contributed by atoms with Gasteiger partial charge in [0.15, 0.2) is 0 Å².